The predicted octanol–water partition coefficient (Wildman–Crippen LogP) is 2.32. The molecule has 0 aromatic heterocycles. The van der Waals surface area contributed by atoms with Crippen LogP contribution in [0, 0.1) is 0 Å². The maximum atomic E-state index is 11.2. The summed E-state index contributed by atoms with van der Waals surface area (Å²) < 4.78 is 0. The third kappa shape index (κ3) is 2.18. The first-order valence-corrected chi connectivity index (χ1v) is 7.83. The van der Waals surface area contributed by atoms with Crippen LogP contribution in [0.3, 0.4) is 0 Å². The molecule has 1 heterocycles. The number of aliphatic hydroxyl groups is 1. The van der Waals surface area contributed by atoms with Crippen molar-refractivity contribution >= 4 is 0 Å². The van der Waals surface area contributed by atoms with Gasteiger partial charge in [0.05, 0.1) is 5.60 Å². The first-order chi connectivity index (χ1) is 9.66. The normalized spacial score (nSPS) is 38.5. The monoisotopic (exact) mass is 274 g/mol. The lowest BCUT2D eigenvalue weighted by Crippen LogP contribution is -2.67. The summed E-state index contributed by atoms with van der Waals surface area (Å²) in [5, 5.41) is 14.6. The molecule has 20 heavy (non-hydrogen) atoms. The number of benzene rings is 1. The number of hydrogen-bond donors (Lipinski definition) is 2. The molecule has 110 valence electrons. The fraction of sp³-hybridized carbons (Fsp3) is 0.647. The Kier molecular flexibility index (Phi) is 3.85. The van der Waals surface area contributed by atoms with E-state index in [0.717, 1.165) is 25.7 Å². The zero-order chi connectivity index (χ0) is 14.2. The first kappa shape index (κ1) is 14.1. The number of nitrogens with one attached hydrogen (secondary N) is 1. The van der Waals surface area contributed by atoms with Crippen molar-refractivity contribution < 1.29 is 5.11 Å². The number of nitrogens with zero attached hydrogens (tertiary/aromatic N) is 1. The van der Waals surface area contributed by atoms with E-state index in [0.29, 0.717) is 6.04 Å². The molecular formula is C17H26N2O. The molecule has 1 aromatic rings. The molecule has 0 radical (unpaired) electrons. The third-order valence-electron chi connectivity index (χ3n) is 5.46. The summed E-state index contributed by atoms with van der Waals surface area (Å²) in [4.78, 5) is 2.42. The Morgan fingerprint density at radius 3 is 2.70 bits per heavy atom. The van der Waals surface area contributed by atoms with Gasteiger partial charge >= 0.3 is 0 Å². The molecule has 1 aliphatic carbocycles. The van der Waals surface area contributed by atoms with Gasteiger partial charge in [0.1, 0.15) is 0 Å². The number of fused-ring (bicyclic) bond motifs is 1. The number of likely N-dealkylation sites (N-methyl/N-ethyl adjacent to an activating group) is 2. The van der Waals surface area contributed by atoms with Crippen LogP contribution < -0.4 is 5.32 Å². The highest BCUT2D eigenvalue weighted by atomic mass is 16.3. The Morgan fingerprint density at radius 1 is 1.25 bits per heavy atom. The minimum atomic E-state index is -0.562. The minimum absolute atomic E-state index is 0.189. The van der Waals surface area contributed by atoms with Gasteiger partial charge in [0.2, 0.25) is 0 Å². The van der Waals surface area contributed by atoms with E-state index in [1.165, 1.54) is 12.0 Å². The Hall–Kier alpha value is -0.900. The largest absolute Gasteiger partial charge is 0.387 e. The highest BCUT2D eigenvalue weighted by Gasteiger charge is 2.52. The van der Waals surface area contributed by atoms with Gasteiger partial charge in [-0.1, -0.05) is 43.2 Å². The van der Waals surface area contributed by atoms with Crippen molar-refractivity contribution in [2.75, 3.05) is 14.1 Å². The van der Waals surface area contributed by atoms with E-state index >= 15 is 0 Å². The van der Waals surface area contributed by atoms with Gasteiger partial charge in [-0.3, -0.25) is 4.90 Å². The van der Waals surface area contributed by atoms with E-state index in [9.17, 15) is 5.11 Å². The number of rotatable bonds is 2. The smallest absolute Gasteiger partial charge is 0.0954 e. The lowest BCUT2D eigenvalue weighted by atomic mass is 9.69. The molecule has 2 aliphatic rings. The summed E-state index contributed by atoms with van der Waals surface area (Å²) in [7, 11) is 4.17. The Bertz CT molecular complexity index is 450. The molecule has 2 fully saturated rings. The zero-order valence-electron chi connectivity index (χ0n) is 12.5. The van der Waals surface area contributed by atoms with Crippen molar-refractivity contribution in [2.24, 2.45) is 0 Å². The standard InChI is InChI=1S/C17H26N2O/c1-18-15-12-14(13-8-4-3-5-9-13)19(2)16-10-6-7-11-17(15,16)20/h3-5,8-9,14-16,18,20H,6-7,10-12H2,1-2H3. The predicted molar refractivity (Wildman–Crippen MR) is 81.6 cm³/mol. The molecule has 3 heteroatoms. The summed E-state index contributed by atoms with van der Waals surface area (Å²) in [5.41, 5.74) is 0.801. The second kappa shape index (κ2) is 5.47. The fourth-order valence-electron chi connectivity index (χ4n) is 4.35. The second-order valence-corrected chi connectivity index (χ2v) is 6.42. The maximum Gasteiger partial charge on any atom is 0.0954 e. The van der Waals surface area contributed by atoms with E-state index in [-0.39, 0.29) is 12.1 Å². The summed E-state index contributed by atoms with van der Waals surface area (Å²) in [5.74, 6) is 0. The molecule has 0 spiro atoms. The van der Waals surface area contributed by atoms with Gasteiger partial charge in [-0.15, -0.1) is 0 Å². The van der Waals surface area contributed by atoms with E-state index in [4.69, 9.17) is 0 Å². The fourth-order valence-corrected chi connectivity index (χ4v) is 4.35. The maximum absolute atomic E-state index is 11.2. The molecule has 3 nitrogen and oxygen atoms in total. The van der Waals surface area contributed by atoms with Crippen molar-refractivity contribution in [1.82, 2.24) is 10.2 Å². The molecule has 4 atom stereocenters. The first-order valence-electron chi connectivity index (χ1n) is 7.83. The number of piperidine rings is 1. The van der Waals surface area contributed by atoms with Crippen LogP contribution in [-0.4, -0.2) is 41.8 Å². The van der Waals surface area contributed by atoms with Crippen molar-refractivity contribution in [2.45, 2.75) is 55.8 Å². The number of likely N-dealkylation sites (tertiary alicyclic amines) is 1. The molecule has 3 rings (SSSR count). The highest BCUT2D eigenvalue weighted by Crippen LogP contribution is 2.44. The van der Waals surface area contributed by atoms with E-state index in [1.54, 1.807) is 0 Å². The molecule has 0 bridgehead atoms. The van der Waals surface area contributed by atoms with Crippen molar-refractivity contribution in [1.29, 1.82) is 0 Å². The van der Waals surface area contributed by atoms with Gasteiger partial charge in [-0.2, -0.15) is 0 Å². The van der Waals surface area contributed by atoms with Gasteiger partial charge in [0, 0.05) is 18.1 Å². The molecule has 2 N–H and O–H groups in total. The van der Waals surface area contributed by atoms with Gasteiger partial charge in [-0.25, -0.2) is 0 Å². The molecule has 4 unspecified atom stereocenters. The minimum Gasteiger partial charge on any atom is -0.387 e. The lowest BCUT2D eigenvalue weighted by Gasteiger charge is -2.56. The molecule has 1 aromatic carbocycles. The Labute approximate surface area is 122 Å². The molecule has 1 saturated carbocycles. The average Bonchev–Trinajstić information content (AvgIpc) is 2.48. The lowest BCUT2D eigenvalue weighted by molar-refractivity contribution is -0.134. The van der Waals surface area contributed by atoms with Crippen molar-refractivity contribution in [3.05, 3.63) is 35.9 Å². The van der Waals surface area contributed by atoms with Gasteiger partial charge in [0.25, 0.3) is 0 Å². The van der Waals surface area contributed by atoms with Crippen molar-refractivity contribution in [3.8, 4) is 0 Å². The van der Waals surface area contributed by atoms with Gasteiger partial charge in [-0.05, 0) is 38.9 Å². The summed E-state index contributed by atoms with van der Waals surface area (Å²) in [6.07, 6.45) is 5.39. The highest BCUT2D eigenvalue weighted by molar-refractivity contribution is 5.23. The SMILES string of the molecule is CNC1CC(c2ccccc2)N(C)C2CCCCC12O. The quantitative estimate of drug-likeness (QED) is 0.869. The van der Waals surface area contributed by atoms with E-state index < -0.39 is 5.60 Å². The molecule has 1 saturated heterocycles. The molecule has 1 aliphatic heterocycles. The van der Waals surface area contributed by atoms with E-state index in [1.807, 2.05) is 7.05 Å². The summed E-state index contributed by atoms with van der Waals surface area (Å²) in [6.45, 7) is 0. The third-order valence-corrected chi connectivity index (χ3v) is 5.46. The van der Waals surface area contributed by atoms with Crippen LogP contribution in [0.15, 0.2) is 30.3 Å². The van der Waals surface area contributed by atoms with Crippen molar-refractivity contribution in [3.63, 3.8) is 0 Å². The summed E-state index contributed by atoms with van der Waals surface area (Å²) in [6, 6.07) is 11.6. The topological polar surface area (TPSA) is 35.5 Å². The van der Waals surface area contributed by atoms with Crippen LogP contribution in [0.5, 0.6) is 0 Å². The van der Waals surface area contributed by atoms with Crippen LogP contribution in [0.2, 0.25) is 0 Å². The second-order valence-electron chi connectivity index (χ2n) is 6.42. The summed E-state index contributed by atoms with van der Waals surface area (Å²) >= 11 is 0. The number of hydrogen-bond acceptors (Lipinski definition) is 3. The van der Waals surface area contributed by atoms with Gasteiger partial charge < -0.3 is 10.4 Å². The van der Waals surface area contributed by atoms with Crippen LogP contribution in [-0.2, 0) is 0 Å². The van der Waals surface area contributed by atoms with Crippen LogP contribution in [0.4, 0.5) is 0 Å². The van der Waals surface area contributed by atoms with Crippen LogP contribution in [0.25, 0.3) is 0 Å². The average molecular weight is 274 g/mol. The zero-order valence-corrected chi connectivity index (χ0v) is 12.5. The van der Waals surface area contributed by atoms with Gasteiger partial charge in [0.15, 0.2) is 0 Å². The molecular weight excluding hydrogens is 248 g/mol. The molecule has 0 amide bonds. The van der Waals surface area contributed by atoms with E-state index in [2.05, 4.69) is 47.6 Å². The van der Waals surface area contributed by atoms with Crippen LogP contribution >= 0.6 is 0 Å². The van der Waals surface area contributed by atoms with Crippen LogP contribution in [0.1, 0.15) is 43.7 Å². The Morgan fingerprint density at radius 2 is 2.00 bits per heavy atom. The Balaban J connectivity index is 1.92.